The van der Waals surface area contributed by atoms with Crippen LogP contribution in [0.4, 0.5) is 10.1 Å². The minimum absolute atomic E-state index is 0.162. The van der Waals surface area contributed by atoms with Crippen molar-refractivity contribution in [2.75, 3.05) is 11.9 Å². The molecule has 2 heteroatoms. The van der Waals surface area contributed by atoms with E-state index in [0.29, 0.717) is 0 Å². The number of anilines is 1. The van der Waals surface area contributed by atoms with Gasteiger partial charge in [0.2, 0.25) is 0 Å². The Kier molecular flexibility index (Phi) is 2.71. The van der Waals surface area contributed by atoms with Crippen molar-refractivity contribution in [2.45, 2.75) is 26.2 Å². The Morgan fingerprint density at radius 2 is 2.21 bits per heavy atom. The highest BCUT2D eigenvalue weighted by Crippen LogP contribution is 2.32. The van der Waals surface area contributed by atoms with Crippen LogP contribution in [0.3, 0.4) is 0 Å². The van der Waals surface area contributed by atoms with E-state index in [9.17, 15) is 4.39 Å². The summed E-state index contributed by atoms with van der Waals surface area (Å²) < 4.78 is 12.9. The van der Waals surface area contributed by atoms with Crippen LogP contribution in [0.25, 0.3) is 0 Å². The molecule has 1 saturated carbocycles. The Labute approximate surface area is 84.3 Å². The molecule has 0 aromatic heterocycles. The first-order valence-electron chi connectivity index (χ1n) is 5.26. The molecule has 0 saturated heterocycles. The van der Waals surface area contributed by atoms with Gasteiger partial charge in [-0.25, -0.2) is 4.39 Å². The van der Waals surface area contributed by atoms with Gasteiger partial charge in [0.1, 0.15) is 5.82 Å². The quantitative estimate of drug-likeness (QED) is 0.773. The van der Waals surface area contributed by atoms with E-state index in [0.717, 1.165) is 23.7 Å². The van der Waals surface area contributed by atoms with Crippen LogP contribution < -0.4 is 5.32 Å². The molecule has 0 radical (unpaired) electrons. The van der Waals surface area contributed by atoms with Crippen LogP contribution in [0.1, 0.15) is 24.8 Å². The lowest BCUT2D eigenvalue weighted by Gasteiger charge is -2.08. The predicted molar refractivity (Wildman–Crippen MR) is 57.0 cm³/mol. The molecule has 2 rings (SSSR count). The molecule has 0 amide bonds. The fraction of sp³-hybridized carbons (Fsp3) is 0.500. The van der Waals surface area contributed by atoms with Crippen molar-refractivity contribution < 1.29 is 4.39 Å². The van der Waals surface area contributed by atoms with E-state index in [4.69, 9.17) is 0 Å². The molecule has 1 fully saturated rings. The summed E-state index contributed by atoms with van der Waals surface area (Å²) in [5.74, 6) is 0.765. The Bertz CT molecular complexity index is 318. The molecular weight excluding hydrogens is 177 g/mol. The van der Waals surface area contributed by atoms with Gasteiger partial charge in [-0.3, -0.25) is 0 Å². The van der Waals surface area contributed by atoms with Crippen LogP contribution in [0.5, 0.6) is 0 Å². The first-order valence-corrected chi connectivity index (χ1v) is 5.26. The molecule has 1 N–H and O–H groups in total. The molecule has 1 nitrogen and oxygen atoms in total. The molecule has 1 aliphatic carbocycles. The summed E-state index contributed by atoms with van der Waals surface area (Å²) in [4.78, 5) is 0. The van der Waals surface area contributed by atoms with Crippen molar-refractivity contribution in [1.29, 1.82) is 0 Å². The molecule has 0 atom stereocenters. The van der Waals surface area contributed by atoms with Gasteiger partial charge in [0.05, 0.1) is 0 Å². The maximum Gasteiger partial charge on any atom is 0.125 e. The lowest BCUT2D eigenvalue weighted by atomic mass is 10.2. The molecular formula is C12H16FN. The summed E-state index contributed by atoms with van der Waals surface area (Å²) in [7, 11) is 0. The van der Waals surface area contributed by atoms with Crippen LogP contribution in [0, 0.1) is 18.7 Å². The Morgan fingerprint density at radius 1 is 1.43 bits per heavy atom. The minimum Gasteiger partial charge on any atom is -0.385 e. The maximum atomic E-state index is 12.9. The number of halogens is 1. The summed E-state index contributed by atoms with van der Waals surface area (Å²) >= 11 is 0. The van der Waals surface area contributed by atoms with Gasteiger partial charge in [-0.1, -0.05) is 18.9 Å². The average Bonchev–Trinajstić information content (AvgIpc) is 2.95. The molecule has 76 valence electrons. The van der Waals surface area contributed by atoms with Gasteiger partial charge in [-0.2, -0.15) is 0 Å². The standard InChI is InChI=1S/C12H16FN/c1-9-2-5-11(13)8-12(9)14-7-6-10-3-4-10/h2,5,8,10,14H,3-4,6-7H2,1H3. The molecule has 0 spiro atoms. The summed E-state index contributed by atoms with van der Waals surface area (Å²) in [6.07, 6.45) is 3.98. The number of rotatable bonds is 4. The molecule has 0 unspecified atom stereocenters. The van der Waals surface area contributed by atoms with Gasteiger partial charge in [0.25, 0.3) is 0 Å². The maximum absolute atomic E-state index is 12.9. The van der Waals surface area contributed by atoms with E-state index in [-0.39, 0.29) is 5.82 Å². The number of aryl methyl sites for hydroxylation is 1. The average molecular weight is 193 g/mol. The first kappa shape index (κ1) is 9.50. The third-order valence-electron chi connectivity index (χ3n) is 2.76. The molecule has 1 aliphatic rings. The first-order chi connectivity index (χ1) is 6.75. The summed E-state index contributed by atoms with van der Waals surface area (Å²) in [5.41, 5.74) is 2.05. The Morgan fingerprint density at radius 3 is 2.93 bits per heavy atom. The molecule has 1 aromatic carbocycles. The van der Waals surface area contributed by atoms with Gasteiger partial charge in [-0.15, -0.1) is 0 Å². The third-order valence-corrected chi connectivity index (χ3v) is 2.76. The predicted octanol–water partition coefficient (Wildman–Crippen LogP) is 3.35. The zero-order valence-electron chi connectivity index (χ0n) is 8.52. The fourth-order valence-electron chi connectivity index (χ4n) is 1.60. The highest BCUT2D eigenvalue weighted by Gasteiger charge is 2.20. The van der Waals surface area contributed by atoms with Crippen molar-refractivity contribution in [3.05, 3.63) is 29.6 Å². The molecule has 0 heterocycles. The van der Waals surface area contributed by atoms with Crippen LogP contribution in [-0.4, -0.2) is 6.54 Å². The van der Waals surface area contributed by atoms with Crippen LogP contribution >= 0.6 is 0 Å². The number of benzene rings is 1. The molecule has 0 bridgehead atoms. The smallest absolute Gasteiger partial charge is 0.125 e. The van der Waals surface area contributed by atoms with Gasteiger partial charge < -0.3 is 5.32 Å². The fourth-order valence-corrected chi connectivity index (χ4v) is 1.60. The van der Waals surface area contributed by atoms with E-state index >= 15 is 0 Å². The normalized spacial score (nSPS) is 15.6. The van der Waals surface area contributed by atoms with Gasteiger partial charge in [0, 0.05) is 12.2 Å². The van der Waals surface area contributed by atoms with E-state index in [1.54, 1.807) is 6.07 Å². The van der Waals surface area contributed by atoms with E-state index < -0.39 is 0 Å². The minimum atomic E-state index is -0.162. The highest BCUT2D eigenvalue weighted by molar-refractivity contribution is 5.50. The monoisotopic (exact) mass is 193 g/mol. The van der Waals surface area contributed by atoms with Gasteiger partial charge in [-0.05, 0) is 37.0 Å². The number of nitrogens with one attached hydrogen (secondary N) is 1. The summed E-state index contributed by atoms with van der Waals surface area (Å²) in [6.45, 7) is 2.97. The topological polar surface area (TPSA) is 12.0 Å². The summed E-state index contributed by atoms with van der Waals surface area (Å²) in [6, 6.07) is 4.89. The van der Waals surface area contributed by atoms with Crippen molar-refractivity contribution in [1.82, 2.24) is 0 Å². The largest absolute Gasteiger partial charge is 0.385 e. The second-order valence-electron chi connectivity index (χ2n) is 4.12. The highest BCUT2D eigenvalue weighted by atomic mass is 19.1. The summed E-state index contributed by atoms with van der Waals surface area (Å²) in [5, 5.41) is 3.29. The molecule has 0 aliphatic heterocycles. The Balaban J connectivity index is 1.89. The number of hydrogen-bond acceptors (Lipinski definition) is 1. The Hall–Kier alpha value is -1.05. The lowest BCUT2D eigenvalue weighted by Crippen LogP contribution is -2.03. The van der Waals surface area contributed by atoms with Crippen molar-refractivity contribution >= 4 is 5.69 Å². The third kappa shape index (κ3) is 2.47. The lowest BCUT2D eigenvalue weighted by molar-refractivity contribution is 0.627. The van der Waals surface area contributed by atoms with E-state index in [2.05, 4.69) is 5.32 Å². The van der Waals surface area contributed by atoms with E-state index in [1.165, 1.54) is 25.3 Å². The molecule has 14 heavy (non-hydrogen) atoms. The van der Waals surface area contributed by atoms with Crippen molar-refractivity contribution in [3.8, 4) is 0 Å². The zero-order chi connectivity index (χ0) is 9.97. The zero-order valence-corrected chi connectivity index (χ0v) is 8.52. The van der Waals surface area contributed by atoms with Crippen molar-refractivity contribution in [2.24, 2.45) is 5.92 Å². The second-order valence-corrected chi connectivity index (χ2v) is 4.12. The van der Waals surface area contributed by atoms with E-state index in [1.807, 2.05) is 13.0 Å². The van der Waals surface area contributed by atoms with Gasteiger partial charge >= 0.3 is 0 Å². The van der Waals surface area contributed by atoms with Gasteiger partial charge in [0.15, 0.2) is 0 Å². The van der Waals surface area contributed by atoms with Crippen LogP contribution in [0.2, 0.25) is 0 Å². The van der Waals surface area contributed by atoms with Crippen molar-refractivity contribution in [3.63, 3.8) is 0 Å². The van der Waals surface area contributed by atoms with Crippen LogP contribution in [-0.2, 0) is 0 Å². The number of hydrogen-bond donors (Lipinski definition) is 1. The van der Waals surface area contributed by atoms with Crippen LogP contribution in [0.15, 0.2) is 18.2 Å². The SMILES string of the molecule is Cc1ccc(F)cc1NCCC1CC1. The second kappa shape index (κ2) is 3.99. The molecule has 1 aromatic rings.